The van der Waals surface area contributed by atoms with Gasteiger partial charge in [-0.15, -0.1) is 0 Å². The standard InChI is InChI=1S/C21H35N6O9P/c1-5-7-15(8-6-2)11-34-19(30)14(4)24-37(32,33)35-12-21(25-26-22)17(29)13(3)18(36-21)27-10-9-16(28)23-20(27)31/h9-10,13-15,17-18,29H,5-8,11-12H2,1-4H3,(H,23,28,31)(H2,24,32,33)/t13-,14-,17-,18+,21+/m1/s1. The summed E-state index contributed by atoms with van der Waals surface area (Å²) in [5.74, 6) is -1.42. The fourth-order valence-electron chi connectivity index (χ4n) is 4.16. The lowest BCUT2D eigenvalue weighted by molar-refractivity contribution is -0.147. The maximum Gasteiger partial charge on any atom is 0.403 e. The molecule has 1 aromatic heterocycles. The highest BCUT2D eigenvalue weighted by molar-refractivity contribution is 7.50. The van der Waals surface area contributed by atoms with E-state index in [0.717, 1.165) is 42.5 Å². The van der Waals surface area contributed by atoms with Crippen molar-refractivity contribution < 1.29 is 33.4 Å². The Morgan fingerprint density at radius 3 is 2.62 bits per heavy atom. The first-order chi connectivity index (χ1) is 17.4. The third kappa shape index (κ3) is 7.99. The summed E-state index contributed by atoms with van der Waals surface area (Å²) < 4.78 is 29.6. The van der Waals surface area contributed by atoms with Gasteiger partial charge in [-0.1, -0.05) is 38.7 Å². The number of aromatic nitrogens is 2. The molecule has 0 saturated carbocycles. The summed E-state index contributed by atoms with van der Waals surface area (Å²) in [6, 6.07) is -0.150. The van der Waals surface area contributed by atoms with Crippen molar-refractivity contribution in [1.29, 1.82) is 0 Å². The van der Waals surface area contributed by atoms with E-state index >= 15 is 0 Å². The van der Waals surface area contributed by atoms with E-state index in [2.05, 4.69) is 15.1 Å². The number of carbonyl (C=O) groups is 1. The van der Waals surface area contributed by atoms with Crippen LogP contribution < -0.4 is 16.3 Å². The Bertz CT molecular complexity index is 1130. The molecule has 37 heavy (non-hydrogen) atoms. The van der Waals surface area contributed by atoms with Crippen molar-refractivity contribution in [3.05, 3.63) is 43.5 Å². The van der Waals surface area contributed by atoms with Crippen LogP contribution in [0.15, 0.2) is 27.0 Å². The largest absolute Gasteiger partial charge is 0.464 e. The molecule has 16 heteroatoms. The zero-order valence-corrected chi connectivity index (χ0v) is 22.2. The van der Waals surface area contributed by atoms with Gasteiger partial charge in [0.1, 0.15) is 12.3 Å². The minimum absolute atomic E-state index is 0.187. The van der Waals surface area contributed by atoms with Crippen molar-refractivity contribution in [2.24, 2.45) is 17.0 Å². The van der Waals surface area contributed by atoms with Crippen LogP contribution in [0.2, 0.25) is 0 Å². The van der Waals surface area contributed by atoms with Gasteiger partial charge in [-0.25, -0.2) is 14.4 Å². The van der Waals surface area contributed by atoms with Gasteiger partial charge in [0.25, 0.3) is 5.56 Å². The highest BCUT2D eigenvalue weighted by Gasteiger charge is 2.54. The van der Waals surface area contributed by atoms with E-state index in [4.69, 9.17) is 19.5 Å². The quantitative estimate of drug-likeness (QED) is 0.0873. The summed E-state index contributed by atoms with van der Waals surface area (Å²) in [6.45, 7) is 6.17. The zero-order valence-electron chi connectivity index (χ0n) is 21.3. The van der Waals surface area contributed by atoms with Crippen molar-refractivity contribution in [2.45, 2.75) is 77.5 Å². The molecule has 0 bridgehead atoms. The molecule has 2 heterocycles. The van der Waals surface area contributed by atoms with Gasteiger partial charge in [0.05, 0.1) is 19.3 Å². The first-order valence-electron chi connectivity index (χ1n) is 12.0. The molecule has 0 aromatic carbocycles. The fraction of sp³-hybridized carbons (Fsp3) is 0.762. The lowest BCUT2D eigenvalue weighted by Crippen LogP contribution is -2.44. The Morgan fingerprint density at radius 1 is 1.41 bits per heavy atom. The van der Waals surface area contributed by atoms with Crippen LogP contribution in [0.4, 0.5) is 0 Å². The second-order valence-corrected chi connectivity index (χ2v) is 10.6. The van der Waals surface area contributed by atoms with Crippen LogP contribution in [-0.4, -0.2) is 56.6 Å². The van der Waals surface area contributed by atoms with Gasteiger partial charge in [0.15, 0.2) is 5.72 Å². The Labute approximate surface area is 213 Å². The fourth-order valence-corrected chi connectivity index (χ4v) is 5.19. The first kappa shape index (κ1) is 30.7. The second-order valence-electron chi connectivity index (χ2n) is 9.08. The molecule has 0 aliphatic carbocycles. The molecule has 1 aliphatic heterocycles. The number of rotatable bonds is 14. The lowest BCUT2D eigenvalue weighted by Gasteiger charge is -2.28. The maximum absolute atomic E-state index is 12.7. The molecule has 1 fully saturated rings. The average molecular weight is 547 g/mol. The molecule has 1 aromatic rings. The third-order valence-electron chi connectivity index (χ3n) is 6.09. The summed E-state index contributed by atoms with van der Waals surface area (Å²) in [7, 11) is -4.69. The van der Waals surface area contributed by atoms with Gasteiger partial charge < -0.3 is 19.5 Å². The topological polar surface area (TPSA) is 218 Å². The number of aliphatic hydroxyl groups is 1. The van der Waals surface area contributed by atoms with Gasteiger partial charge >= 0.3 is 19.4 Å². The Kier molecular flexibility index (Phi) is 11.1. The van der Waals surface area contributed by atoms with Crippen LogP contribution in [0.1, 0.15) is 59.6 Å². The predicted octanol–water partition coefficient (Wildman–Crippen LogP) is 1.92. The smallest absolute Gasteiger partial charge is 0.403 e. The molecule has 1 saturated heterocycles. The summed E-state index contributed by atoms with van der Waals surface area (Å²) in [5, 5.41) is 16.4. The van der Waals surface area contributed by atoms with E-state index in [-0.39, 0.29) is 12.5 Å². The van der Waals surface area contributed by atoms with E-state index < -0.39 is 61.6 Å². The molecule has 2 rings (SSSR count). The van der Waals surface area contributed by atoms with E-state index in [1.807, 2.05) is 18.8 Å². The number of ether oxygens (including phenoxy) is 2. The second kappa shape index (κ2) is 13.3. The van der Waals surface area contributed by atoms with Gasteiger partial charge in [0, 0.05) is 23.1 Å². The molecule has 6 atom stereocenters. The highest BCUT2D eigenvalue weighted by atomic mass is 31.2. The summed E-state index contributed by atoms with van der Waals surface area (Å²) in [4.78, 5) is 50.9. The number of carbonyl (C=O) groups excluding carboxylic acids is 1. The molecule has 1 unspecified atom stereocenters. The molecule has 0 spiro atoms. The Morgan fingerprint density at radius 2 is 2.05 bits per heavy atom. The van der Waals surface area contributed by atoms with E-state index in [0.29, 0.717) is 0 Å². The van der Waals surface area contributed by atoms with Crippen molar-refractivity contribution in [3.8, 4) is 0 Å². The number of hydrogen-bond donors (Lipinski definition) is 4. The summed E-state index contributed by atoms with van der Waals surface area (Å²) in [5.41, 5.74) is 5.38. The highest BCUT2D eigenvalue weighted by Crippen LogP contribution is 2.46. The number of azide groups is 1. The molecule has 208 valence electrons. The molecule has 15 nitrogen and oxygen atoms in total. The van der Waals surface area contributed by atoms with Crippen molar-refractivity contribution in [2.75, 3.05) is 13.2 Å². The van der Waals surface area contributed by atoms with Crippen LogP contribution in [0.25, 0.3) is 10.4 Å². The number of aromatic amines is 1. The zero-order chi connectivity index (χ0) is 27.8. The van der Waals surface area contributed by atoms with Gasteiger partial charge in [0.2, 0.25) is 0 Å². The average Bonchev–Trinajstić information content (AvgIpc) is 3.07. The van der Waals surface area contributed by atoms with Crippen LogP contribution >= 0.6 is 7.75 Å². The van der Waals surface area contributed by atoms with E-state index in [9.17, 15) is 28.9 Å². The van der Waals surface area contributed by atoms with E-state index in [1.165, 1.54) is 13.8 Å². The van der Waals surface area contributed by atoms with Crippen molar-refractivity contribution >= 4 is 13.7 Å². The molecular formula is C21H35N6O9P. The van der Waals surface area contributed by atoms with Gasteiger partial charge in [-0.05, 0) is 31.2 Å². The number of nitrogens with one attached hydrogen (secondary N) is 2. The number of H-pyrrole nitrogens is 1. The lowest BCUT2D eigenvalue weighted by atomic mass is 9.98. The molecular weight excluding hydrogens is 511 g/mol. The third-order valence-corrected chi connectivity index (χ3v) is 7.28. The molecule has 4 N–H and O–H groups in total. The van der Waals surface area contributed by atoms with E-state index in [1.54, 1.807) is 0 Å². The molecule has 0 amide bonds. The maximum atomic E-state index is 12.7. The number of hydrogen-bond acceptors (Lipinski definition) is 9. The SMILES string of the molecule is CCCC(CCC)COC(=O)[C@@H](C)NP(=O)(O)OC[C@]1(N=[N+]=[N-])O[C@H](n2ccc(=O)[nH]c2=O)[C@H](C)[C@H]1O. The molecule has 0 radical (unpaired) electrons. The van der Waals surface area contributed by atoms with Crippen LogP contribution in [0, 0.1) is 11.8 Å². The molecule has 1 aliphatic rings. The van der Waals surface area contributed by atoms with Crippen LogP contribution in [0.3, 0.4) is 0 Å². The first-order valence-corrected chi connectivity index (χ1v) is 13.6. The monoisotopic (exact) mass is 546 g/mol. The van der Waals surface area contributed by atoms with Gasteiger partial charge in [-0.3, -0.25) is 23.7 Å². The number of aliphatic hydroxyl groups excluding tert-OH is 1. The van der Waals surface area contributed by atoms with Gasteiger partial charge in [-0.2, -0.15) is 0 Å². The predicted molar refractivity (Wildman–Crippen MR) is 131 cm³/mol. The minimum Gasteiger partial charge on any atom is -0.464 e. The van der Waals surface area contributed by atoms with Crippen molar-refractivity contribution in [1.82, 2.24) is 14.6 Å². The summed E-state index contributed by atoms with van der Waals surface area (Å²) in [6.07, 6.45) is 2.02. The number of esters is 1. The summed E-state index contributed by atoms with van der Waals surface area (Å²) >= 11 is 0. The Hall–Kier alpha value is -2.51. The van der Waals surface area contributed by atoms with Crippen LogP contribution in [0.5, 0.6) is 0 Å². The van der Waals surface area contributed by atoms with Crippen molar-refractivity contribution in [3.63, 3.8) is 0 Å². The van der Waals surface area contributed by atoms with Crippen LogP contribution in [-0.2, 0) is 23.4 Å². The normalized spacial score (nSPS) is 25.9. The minimum atomic E-state index is -4.69. The Balaban J connectivity index is 2.09. The number of nitrogens with zero attached hydrogens (tertiary/aromatic N) is 4.